The fraction of sp³-hybridized carbons (Fsp3) is 0.222. The highest BCUT2D eigenvalue weighted by molar-refractivity contribution is 7.89. The highest BCUT2D eigenvalue weighted by atomic mass is 32.2. The van der Waals surface area contributed by atoms with Crippen molar-refractivity contribution >= 4 is 27.6 Å². The summed E-state index contributed by atoms with van der Waals surface area (Å²) in [6.07, 6.45) is 0. The first-order valence-electron chi connectivity index (χ1n) is 7.96. The fourth-order valence-electron chi connectivity index (χ4n) is 2.14. The van der Waals surface area contributed by atoms with Gasteiger partial charge in [0.1, 0.15) is 12.4 Å². The van der Waals surface area contributed by atoms with E-state index in [1.807, 2.05) is 24.6 Å². The van der Waals surface area contributed by atoms with E-state index in [4.69, 9.17) is 4.74 Å². The number of carbonyl (C=O) groups is 2. The van der Waals surface area contributed by atoms with Crippen LogP contribution in [-0.4, -0.2) is 33.4 Å². The summed E-state index contributed by atoms with van der Waals surface area (Å²) >= 11 is 0. The quantitative estimate of drug-likeness (QED) is 0.699. The Balaban J connectivity index is 1.84. The van der Waals surface area contributed by atoms with Crippen LogP contribution in [0.25, 0.3) is 0 Å². The standard InChI is InChI=1S/C18H19FN2O5S/c1-12-5-3-8-16(13(12)2)21-17(22)11-26-18(23)10-20-27(24,25)15-7-4-6-14(19)9-15/h3-9,20H,10-11H2,1-2H3,(H,21,22). The van der Waals surface area contributed by atoms with Crippen LogP contribution in [0.15, 0.2) is 47.4 Å². The van der Waals surface area contributed by atoms with E-state index in [1.165, 1.54) is 12.1 Å². The topological polar surface area (TPSA) is 102 Å². The van der Waals surface area contributed by atoms with E-state index in [0.29, 0.717) is 5.69 Å². The Bertz CT molecular complexity index is 960. The molecule has 0 fully saturated rings. The first-order valence-corrected chi connectivity index (χ1v) is 9.44. The molecule has 2 aromatic rings. The van der Waals surface area contributed by atoms with Crippen LogP contribution in [0.5, 0.6) is 0 Å². The maximum Gasteiger partial charge on any atom is 0.321 e. The van der Waals surface area contributed by atoms with Gasteiger partial charge < -0.3 is 10.1 Å². The minimum absolute atomic E-state index is 0.317. The van der Waals surface area contributed by atoms with Crippen molar-refractivity contribution in [2.75, 3.05) is 18.5 Å². The predicted octanol–water partition coefficient (Wildman–Crippen LogP) is 1.90. The van der Waals surface area contributed by atoms with Crippen LogP contribution in [0.1, 0.15) is 11.1 Å². The van der Waals surface area contributed by atoms with Crippen LogP contribution >= 0.6 is 0 Å². The van der Waals surface area contributed by atoms with Crippen molar-refractivity contribution in [1.82, 2.24) is 4.72 Å². The lowest BCUT2D eigenvalue weighted by Crippen LogP contribution is -2.32. The summed E-state index contributed by atoms with van der Waals surface area (Å²) in [4.78, 5) is 23.2. The minimum Gasteiger partial charge on any atom is -0.455 e. The smallest absolute Gasteiger partial charge is 0.321 e. The average Bonchev–Trinajstić information content (AvgIpc) is 2.62. The Morgan fingerprint density at radius 3 is 2.52 bits per heavy atom. The van der Waals surface area contributed by atoms with Gasteiger partial charge in [0.2, 0.25) is 10.0 Å². The molecule has 0 heterocycles. The molecular formula is C18H19FN2O5S. The summed E-state index contributed by atoms with van der Waals surface area (Å²) in [6, 6.07) is 9.75. The Kier molecular flexibility index (Phi) is 6.65. The second kappa shape index (κ2) is 8.74. The minimum atomic E-state index is -4.07. The largest absolute Gasteiger partial charge is 0.455 e. The molecule has 0 aliphatic carbocycles. The number of sulfonamides is 1. The maximum atomic E-state index is 13.1. The maximum absolute atomic E-state index is 13.1. The van der Waals surface area contributed by atoms with E-state index in [-0.39, 0.29) is 4.90 Å². The van der Waals surface area contributed by atoms with Gasteiger partial charge in [-0.2, -0.15) is 4.72 Å². The van der Waals surface area contributed by atoms with E-state index in [2.05, 4.69) is 5.32 Å². The van der Waals surface area contributed by atoms with Gasteiger partial charge in [0.15, 0.2) is 6.61 Å². The van der Waals surface area contributed by atoms with E-state index >= 15 is 0 Å². The number of amides is 1. The summed E-state index contributed by atoms with van der Waals surface area (Å²) in [5.41, 5.74) is 2.49. The first kappa shape index (κ1) is 20.5. The predicted molar refractivity (Wildman–Crippen MR) is 97.1 cm³/mol. The second-order valence-corrected chi connectivity index (χ2v) is 7.51. The van der Waals surface area contributed by atoms with Crippen LogP contribution < -0.4 is 10.0 Å². The van der Waals surface area contributed by atoms with Gasteiger partial charge in [0, 0.05) is 5.69 Å². The van der Waals surface area contributed by atoms with Gasteiger partial charge in [-0.25, -0.2) is 12.8 Å². The van der Waals surface area contributed by atoms with Crippen molar-refractivity contribution in [1.29, 1.82) is 0 Å². The molecule has 0 atom stereocenters. The average molecular weight is 394 g/mol. The lowest BCUT2D eigenvalue weighted by atomic mass is 10.1. The first-order chi connectivity index (χ1) is 12.7. The molecule has 0 bridgehead atoms. The summed E-state index contributed by atoms with van der Waals surface area (Å²) in [7, 11) is -4.07. The number of anilines is 1. The van der Waals surface area contributed by atoms with Gasteiger partial charge in [-0.15, -0.1) is 0 Å². The molecule has 0 saturated heterocycles. The SMILES string of the molecule is Cc1cccc(NC(=O)COC(=O)CNS(=O)(=O)c2cccc(F)c2)c1C. The number of hydrogen-bond acceptors (Lipinski definition) is 5. The van der Waals surface area contributed by atoms with Crippen LogP contribution in [0.3, 0.4) is 0 Å². The summed E-state index contributed by atoms with van der Waals surface area (Å²) in [6.45, 7) is 2.50. The third-order valence-electron chi connectivity index (χ3n) is 3.76. The van der Waals surface area contributed by atoms with Crippen molar-refractivity contribution in [2.45, 2.75) is 18.7 Å². The molecule has 0 spiro atoms. The number of aryl methyl sites for hydroxylation is 1. The Labute approximate surface area is 156 Å². The molecule has 2 aromatic carbocycles. The van der Waals surface area contributed by atoms with Crippen LogP contribution in [0.4, 0.5) is 10.1 Å². The van der Waals surface area contributed by atoms with Crippen molar-refractivity contribution < 1.29 is 27.1 Å². The molecule has 0 unspecified atom stereocenters. The van der Waals surface area contributed by atoms with Crippen molar-refractivity contribution in [3.05, 3.63) is 59.4 Å². The van der Waals surface area contributed by atoms with Crippen LogP contribution in [-0.2, 0) is 24.3 Å². The molecule has 1 amide bonds. The molecule has 9 heteroatoms. The number of esters is 1. The third-order valence-corrected chi connectivity index (χ3v) is 5.15. The molecule has 0 aromatic heterocycles. The van der Waals surface area contributed by atoms with Crippen molar-refractivity contribution in [3.8, 4) is 0 Å². The zero-order valence-corrected chi connectivity index (χ0v) is 15.6. The van der Waals surface area contributed by atoms with Crippen LogP contribution in [0, 0.1) is 19.7 Å². The molecule has 2 N–H and O–H groups in total. The molecule has 2 rings (SSSR count). The van der Waals surface area contributed by atoms with Gasteiger partial charge in [-0.1, -0.05) is 18.2 Å². The van der Waals surface area contributed by atoms with Gasteiger partial charge in [-0.05, 0) is 49.2 Å². The summed E-state index contributed by atoms with van der Waals surface area (Å²) < 4.78 is 43.8. The number of ether oxygens (including phenoxy) is 1. The fourth-order valence-corrected chi connectivity index (χ4v) is 3.14. The normalized spacial score (nSPS) is 11.1. The molecular weight excluding hydrogens is 375 g/mol. The number of hydrogen-bond donors (Lipinski definition) is 2. The molecule has 0 radical (unpaired) electrons. The highest BCUT2D eigenvalue weighted by Crippen LogP contribution is 2.17. The van der Waals surface area contributed by atoms with E-state index < -0.39 is 40.9 Å². The Morgan fingerprint density at radius 2 is 1.81 bits per heavy atom. The number of nitrogens with one attached hydrogen (secondary N) is 2. The third kappa shape index (κ3) is 5.87. The molecule has 7 nitrogen and oxygen atoms in total. The monoisotopic (exact) mass is 394 g/mol. The zero-order chi connectivity index (χ0) is 20.0. The van der Waals surface area contributed by atoms with Crippen LogP contribution in [0.2, 0.25) is 0 Å². The van der Waals surface area contributed by atoms with Crippen molar-refractivity contribution in [2.24, 2.45) is 0 Å². The number of rotatable bonds is 7. The zero-order valence-electron chi connectivity index (χ0n) is 14.8. The lowest BCUT2D eigenvalue weighted by Gasteiger charge is -2.11. The summed E-state index contributed by atoms with van der Waals surface area (Å²) in [5.74, 6) is -2.21. The van der Waals surface area contributed by atoms with Gasteiger partial charge in [0.25, 0.3) is 5.91 Å². The number of benzene rings is 2. The molecule has 144 valence electrons. The summed E-state index contributed by atoms with van der Waals surface area (Å²) in [5, 5.41) is 2.61. The van der Waals surface area contributed by atoms with Crippen molar-refractivity contribution in [3.63, 3.8) is 0 Å². The molecule has 0 aliphatic heterocycles. The second-order valence-electron chi connectivity index (χ2n) is 5.74. The van der Waals surface area contributed by atoms with E-state index in [1.54, 1.807) is 12.1 Å². The molecule has 27 heavy (non-hydrogen) atoms. The highest BCUT2D eigenvalue weighted by Gasteiger charge is 2.17. The van der Waals surface area contributed by atoms with Gasteiger partial charge in [-0.3, -0.25) is 9.59 Å². The Morgan fingerprint density at radius 1 is 1.11 bits per heavy atom. The Hall–Kier alpha value is -2.78. The van der Waals surface area contributed by atoms with E-state index in [9.17, 15) is 22.4 Å². The van der Waals surface area contributed by atoms with Gasteiger partial charge in [0.05, 0.1) is 4.90 Å². The lowest BCUT2D eigenvalue weighted by molar-refractivity contribution is -0.146. The molecule has 0 aliphatic rings. The van der Waals surface area contributed by atoms with Gasteiger partial charge >= 0.3 is 5.97 Å². The number of carbonyl (C=O) groups excluding carboxylic acids is 2. The number of halogens is 1. The van der Waals surface area contributed by atoms with E-state index in [0.717, 1.165) is 23.3 Å². The molecule has 0 saturated carbocycles.